The Labute approximate surface area is 201 Å². The summed E-state index contributed by atoms with van der Waals surface area (Å²) in [5, 5.41) is 9.88. The number of carbonyl (C=O) groups excluding carboxylic acids is 3. The van der Waals surface area contributed by atoms with E-state index in [1.165, 1.54) is 36.8 Å². The molecule has 0 spiro atoms. The van der Waals surface area contributed by atoms with E-state index in [1.807, 2.05) is 6.92 Å². The zero-order valence-electron chi connectivity index (χ0n) is 20.7. The number of amides is 3. The van der Waals surface area contributed by atoms with E-state index < -0.39 is 11.8 Å². The average molecular weight is 471 g/mol. The summed E-state index contributed by atoms with van der Waals surface area (Å²) in [4.78, 5) is 46.3. The summed E-state index contributed by atoms with van der Waals surface area (Å²) in [5.41, 5.74) is 1.26. The van der Waals surface area contributed by atoms with Gasteiger partial charge in [0.05, 0.1) is 11.6 Å². The summed E-state index contributed by atoms with van der Waals surface area (Å²) in [6.45, 7) is 5.45. The Morgan fingerprint density at radius 3 is 2.09 bits per heavy atom. The first-order valence-corrected chi connectivity index (χ1v) is 12.8. The first-order chi connectivity index (χ1) is 16.4. The van der Waals surface area contributed by atoms with Crippen LogP contribution in [0, 0.1) is 12.8 Å². The van der Waals surface area contributed by atoms with Gasteiger partial charge in [0.25, 0.3) is 11.9 Å². The molecule has 0 bridgehead atoms. The lowest BCUT2D eigenvalue weighted by Crippen LogP contribution is -2.42. The monoisotopic (exact) mass is 470 g/mol. The maximum absolute atomic E-state index is 12.7. The van der Waals surface area contributed by atoms with Crippen molar-refractivity contribution in [2.75, 3.05) is 5.32 Å². The quantitative estimate of drug-likeness (QED) is 0.645. The van der Waals surface area contributed by atoms with Crippen molar-refractivity contribution in [1.82, 2.24) is 15.1 Å². The molecule has 1 unspecified atom stereocenters. The van der Waals surface area contributed by atoms with Crippen LogP contribution in [-0.4, -0.2) is 45.2 Å². The molecule has 1 aromatic heterocycles. The number of hydrogen-bond acceptors (Lipinski definition) is 5. The van der Waals surface area contributed by atoms with Crippen molar-refractivity contribution < 1.29 is 14.4 Å². The number of nitrogens with zero attached hydrogens (tertiary/aromatic N) is 4. The predicted octanol–water partition coefficient (Wildman–Crippen LogP) is 4.15. The third-order valence-electron chi connectivity index (χ3n) is 6.61. The van der Waals surface area contributed by atoms with Crippen LogP contribution in [-0.2, 0) is 14.4 Å². The Morgan fingerprint density at radius 2 is 1.53 bits per heavy atom. The second kappa shape index (κ2) is 12.6. The van der Waals surface area contributed by atoms with Crippen molar-refractivity contribution in [3.8, 4) is 0 Å². The van der Waals surface area contributed by atoms with Gasteiger partial charge in [-0.1, -0.05) is 64.7 Å². The van der Waals surface area contributed by atoms with E-state index in [-0.39, 0.29) is 29.6 Å². The molecule has 1 aliphatic heterocycles. The van der Waals surface area contributed by atoms with Gasteiger partial charge in [-0.25, -0.2) is 4.99 Å². The van der Waals surface area contributed by atoms with Gasteiger partial charge in [-0.05, 0) is 33.1 Å². The minimum absolute atomic E-state index is 0.00268. The fourth-order valence-electron chi connectivity index (χ4n) is 4.65. The number of rotatable bonds is 3. The molecule has 1 saturated carbocycles. The molecule has 2 heterocycles. The van der Waals surface area contributed by atoms with Gasteiger partial charge >= 0.3 is 11.8 Å². The lowest BCUT2D eigenvalue weighted by atomic mass is 9.98. The second-order valence-corrected chi connectivity index (χ2v) is 9.43. The number of aryl methyl sites for hydroxylation is 1. The van der Waals surface area contributed by atoms with Crippen LogP contribution in [0.4, 0.5) is 5.82 Å². The van der Waals surface area contributed by atoms with Crippen LogP contribution in [0.15, 0.2) is 16.1 Å². The van der Waals surface area contributed by atoms with E-state index in [2.05, 4.69) is 25.7 Å². The highest BCUT2D eigenvalue weighted by Crippen LogP contribution is 2.19. The highest BCUT2D eigenvalue weighted by molar-refractivity contribution is 6.39. The summed E-state index contributed by atoms with van der Waals surface area (Å²) in [7, 11) is 0. The molecule has 3 rings (SSSR count). The van der Waals surface area contributed by atoms with Crippen LogP contribution < -0.4 is 10.6 Å². The van der Waals surface area contributed by atoms with E-state index in [1.54, 1.807) is 19.9 Å². The number of aromatic nitrogens is 2. The number of anilines is 1. The van der Waals surface area contributed by atoms with Crippen molar-refractivity contribution in [2.24, 2.45) is 15.9 Å². The predicted molar refractivity (Wildman–Crippen MR) is 133 cm³/mol. The molecule has 186 valence electrons. The van der Waals surface area contributed by atoms with Crippen molar-refractivity contribution in [3.63, 3.8) is 0 Å². The summed E-state index contributed by atoms with van der Waals surface area (Å²) in [6, 6.07) is 1.63. The lowest BCUT2D eigenvalue weighted by Gasteiger charge is -2.19. The standard InChI is InChI=1S/C25H38N6O3/c1-4-20-18(3)26-25(29-22(20)32)31-21(16-17(2)30-31)28-24(34)23(33)27-19-14-12-10-8-6-5-7-9-11-13-15-19/h16,19-20H,4-15H2,1-3H3,(H,27,33)(H,28,34). The van der Waals surface area contributed by atoms with Gasteiger partial charge in [0.1, 0.15) is 5.82 Å². The molecule has 2 N–H and O–H groups in total. The second-order valence-electron chi connectivity index (χ2n) is 9.43. The van der Waals surface area contributed by atoms with E-state index >= 15 is 0 Å². The molecule has 9 nitrogen and oxygen atoms in total. The third kappa shape index (κ3) is 7.08. The molecule has 0 radical (unpaired) electrons. The molecule has 1 atom stereocenters. The Morgan fingerprint density at radius 1 is 0.941 bits per heavy atom. The smallest absolute Gasteiger partial charge is 0.314 e. The number of nitrogens with one attached hydrogen (secondary N) is 2. The molecule has 3 amide bonds. The van der Waals surface area contributed by atoms with Gasteiger partial charge in [0, 0.05) is 17.8 Å². The first-order valence-electron chi connectivity index (χ1n) is 12.8. The zero-order valence-corrected chi connectivity index (χ0v) is 20.7. The Balaban J connectivity index is 1.65. The SMILES string of the molecule is CCC1C(=O)N=C(n2nc(C)cc2NC(=O)C(=O)NC2CCCCCCCCCCC2)N=C1C. The maximum atomic E-state index is 12.7. The minimum Gasteiger partial charge on any atom is -0.345 e. The Kier molecular flexibility index (Phi) is 9.53. The highest BCUT2D eigenvalue weighted by atomic mass is 16.2. The van der Waals surface area contributed by atoms with Gasteiger partial charge < -0.3 is 10.6 Å². The van der Waals surface area contributed by atoms with Crippen LogP contribution in [0.1, 0.15) is 96.6 Å². The zero-order chi connectivity index (χ0) is 24.5. The summed E-state index contributed by atoms with van der Waals surface area (Å²) >= 11 is 0. The van der Waals surface area contributed by atoms with E-state index in [9.17, 15) is 14.4 Å². The van der Waals surface area contributed by atoms with Gasteiger partial charge in [-0.15, -0.1) is 0 Å². The van der Waals surface area contributed by atoms with E-state index in [4.69, 9.17) is 0 Å². The number of hydrogen-bond donors (Lipinski definition) is 2. The average Bonchev–Trinajstić information content (AvgIpc) is 3.15. The molecule has 0 aromatic carbocycles. The highest BCUT2D eigenvalue weighted by Gasteiger charge is 2.27. The van der Waals surface area contributed by atoms with Crippen molar-refractivity contribution in [3.05, 3.63) is 11.8 Å². The first kappa shape index (κ1) is 25.8. The minimum atomic E-state index is -0.762. The fraction of sp³-hybridized carbons (Fsp3) is 0.680. The van der Waals surface area contributed by atoms with Crippen LogP contribution in [0.3, 0.4) is 0 Å². The third-order valence-corrected chi connectivity index (χ3v) is 6.61. The summed E-state index contributed by atoms with van der Waals surface area (Å²) < 4.78 is 1.31. The lowest BCUT2D eigenvalue weighted by molar-refractivity contribution is -0.136. The van der Waals surface area contributed by atoms with Gasteiger partial charge in [0.15, 0.2) is 0 Å². The van der Waals surface area contributed by atoms with Crippen LogP contribution in [0.2, 0.25) is 0 Å². The topological polar surface area (TPSA) is 118 Å². The molecule has 1 aromatic rings. The van der Waals surface area contributed by atoms with Crippen LogP contribution in [0.5, 0.6) is 0 Å². The van der Waals surface area contributed by atoms with E-state index in [0.717, 1.165) is 38.5 Å². The fourth-order valence-corrected chi connectivity index (χ4v) is 4.65. The van der Waals surface area contributed by atoms with Crippen LogP contribution in [0.25, 0.3) is 0 Å². The normalized spacial score (nSPS) is 21.0. The molecular formula is C25H38N6O3. The van der Waals surface area contributed by atoms with Crippen LogP contribution >= 0.6 is 0 Å². The molecule has 2 aliphatic rings. The number of aliphatic imine (C=N–C) groups is 2. The van der Waals surface area contributed by atoms with E-state index in [0.29, 0.717) is 17.8 Å². The molecule has 1 aliphatic carbocycles. The molecular weight excluding hydrogens is 432 g/mol. The van der Waals surface area contributed by atoms with Gasteiger partial charge in [-0.2, -0.15) is 14.8 Å². The van der Waals surface area contributed by atoms with Gasteiger partial charge in [-0.3, -0.25) is 14.4 Å². The maximum Gasteiger partial charge on any atom is 0.314 e. The van der Waals surface area contributed by atoms with Gasteiger partial charge in [0.2, 0.25) is 0 Å². The summed E-state index contributed by atoms with van der Waals surface area (Å²) in [5.74, 6) is -1.69. The Hall–Kier alpha value is -2.84. The van der Waals surface area contributed by atoms with Crippen molar-refractivity contribution >= 4 is 35.2 Å². The largest absolute Gasteiger partial charge is 0.345 e. The molecule has 34 heavy (non-hydrogen) atoms. The summed E-state index contributed by atoms with van der Waals surface area (Å²) in [6.07, 6.45) is 13.2. The van der Waals surface area contributed by atoms with Crippen molar-refractivity contribution in [2.45, 2.75) is 104 Å². The Bertz CT molecular complexity index is 936. The molecule has 0 saturated heterocycles. The molecule has 9 heteroatoms. The molecule has 1 fully saturated rings. The number of carbonyl (C=O) groups is 3. The van der Waals surface area contributed by atoms with Crippen molar-refractivity contribution in [1.29, 1.82) is 0 Å².